The maximum atomic E-state index is 13.2. The van der Waals surface area contributed by atoms with Crippen molar-refractivity contribution in [2.45, 2.75) is 43.4 Å². The molecule has 35 heavy (non-hydrogen) atoms. The maximum Gasteiger partial charge on any atom is 0.247 e. The van der Waals surface area contributed by atoms with Crippen LogP contribution in [0.5, 0.6) is 11.5 Å². The lowest BCUT2D eigenvalue weighted by molar-refractivity contribution is -0.138. The van der Waals surface area contributed by atoms with Crippen molar-refractivity contribution in [3.05, 3.63) is 34.9 Å². The van der Waals surface area contributed by atoms with E-state index in [1.54, 1.807) is 17.0 Å². The molecule has 0 bridgehead atoms. The lowest BCUT2D eigenvalue weighted by Gasteiger charge is -2.41. The first kappa shape index (κ1) is 25.2. The van der Waals surface area contributed by atoms with Gasteiger partial charge in [-0.15, -0.1) is 0 Å². The standard InChI is InChI=1S/C25H32N2O8/c1-33-8-5-20(30)27(12-14-3-4-14)18-11-17(25(32)26-6-7-28)21-16-9-15(13-29)10-19(34-2)23(16)35-24(21)22(18)31/h9-11,13-14,18,21-22,24,28,31H,3-8,12H2,1-2H3,(H,26,32). The second kappa shape index (κ2) is 10.8. The highest BCUT2D eigenvalue weighted by Crippen LogP contribution is 2.51. The molecule has 1 heterocycles. The van der Waals surface area contributed by atoms with Crippen molar-refractivity contribution >= 4 is 18.1 Å². The Balaban J connectivity index is 1.77. The number of fused-ring (bicyclic) bond motifs is 3. The minimum atomic E-state index is -1.13. The number of carbonyl (C=O) groups excluding carboxylic acids is 3. The fourth-order valence-electron chi connectivity index (χ4n) is 4.86. The lowest BCUT2D eigenvalue weighted by Crippen LogP contribution is -2.56. The summed E-state index contributed by atoms with van der Waals surface area (Å²) < 4.78 is 16.7. The Kier molecular flexibility index (Phi) is 7.73. The van der Waals surface area contributed by atoms with Crippen LogP contribution < -0.4 is 14.8 Å². The quantitative estimate of drug-likeness (QED) is 0.381. The van der Waals surface area contributed by atoms with Gasteiger partial charge >= 0.3 is 0 Å². The summed E-state index contributed by atoms with van der Waals surface area (Å²) in [5.74, 6) is -0.265. The highest BCUT2D eigenvalue weighted by Gasteiger charge is 2.51. The number of ether oxygens (including phenoxy) is 3. The summed E-state index contributed by atoms with van der Waals surface area (Å²) >= 11 is 0. The Morgan fingerprint density at radius 1 is 1.29 bits per heavy atom. The van der Waals surface area contributed by atoms with Gasteiger partial charge in [0.05, 0.1) is 38.7 Å². The van der Waals surface area contributed by atoms with Crippen LogP contribution in [0.4, 0.5) is 0 Å². The second-order valence-corrected chi connectivity index (χ2v) is 9.13. The summed E-state index contributed by atoms with van der Waals surface area (Å²) in [7, 11) is 2.97. The first-order valence-corrected chi connectivity index (χ1v) is 11.8. The fourth-order valence-corrected chi connectivity index (χ4v) is 4.86. The minimum absolute atomic E-state index is 0.0464. The average molecular weight is 489 g/mol. The third-order valence-corrected chi connectivity index (χ3v) is 6.76. The summed E-state index contributed by atoms with van der Waals surface area (Å²) in [6.07, 6.45) is 2.47. The largest absolute Gasteiger partial charge is 0.493 e. The number of rotatable bonds is 11. The molecule has 3 N–H and O–H groups in total. The number of aliphatic hydroxyl groups is 2. The van der Waals surface area contributed by atoms with E-state index in [4.69, 9.17) is 14.2 Å². The van der Waals surface area contributed by atoms with E-state index in [1.165, 1.54) is 20.3 Å². The summed E-state index contributed by atoms with van der Waals surface area (Å²) in [5, 5.41) is 23.4. The maximum absolute atomic E-state index is 13.2. The highest BCUT2D eigenvalue weighted by molar-refractivity contribution is 5.96. The van der Waals surface area contributed by atoms with Crippen LogP contribution in [0.1, 0.15) is 41.1 Å². The van der Waals surface area contributed by atoms with Crippen LogP contribution in [0.3, 0.4) is 0 Å². The fraction of sp³-hybridized carbons (Fsp3) is 0.560. The van der Waals surface area contributed by atoms with Crippen molar-refractivity contribution in [3.63, 3.8) is 0 Å². The highest BCUT2D eigenvalue weighted by atomic mass is 16.5. The molecule has 4 atom stereocenters. The van der Waals surface area contributed by atoms with Crippen molar-refractivity contribution < 1.29 is 38.8 Å². The molecule has 1 aliphatic heterocycles. The molecule has 0 saturated heterocycles. The summed E-state index contributed by atoms with van der Waals surface area (Å²) in [6.45, 7) is 0.523. The van der Waals surface area contributed by atoms with Crippen molar-refractivity contribution in [1.29, 1.82) is 0 Å². The molecular formula is C25H32N2O8. The van der Waals surface area contributed by atoms with Gasteiger partial charge in [0, 0.05) is 36.9 Å². The minimum Gasteiger partial charge on any atom is -0.493 e. The van der Waals surface area contributed by atoms with Gasteiger partial charge < -0.3 is 34.6 Å². The van der Waals surface area contributed by atoms with Crippen molar-refractivity contribution in [2.24, 2.45) is 5.92 Å². The van der Waals surface area contributed by atoms with Crippen molar-refractivity contribution in [3.8, 4) is 11.5 Å². The topological polar surface area (TPSA) is 135 Å². The Labute approximate surface area is 203 Å². The van der Waals surface area contributed by atoms with Gasteiger partial charge in [0.15, 0.2) is 11.5 Å². The zero-order chi connectivity index (χ0) is 25.1. The SMILES string of the molecule is COCCC(=O)N(CC1CC1)C1C=C(C(=O)NCCO)C2c3cc(C=O)cc(OC)c3OC2C1O. The molecule has 10 heteroatoms. The van der Waals surface area contributed by atoms with Gasteiger partial charge in [0.25, 0.3) is 0 Å². The number of hydrogen-bond donors (Lipinski definition) is 3. The number of nitrogens with zero attached hydrogens (tertiary/aromatic N) is 1. The molecule has 4 unspecified atom stereocenters. The van der Waals surface area contributed by atoms with E-state index in [2.05, 4.69) is 5.32 Å². The Morgan fingerprint density at radius 2 is 2.06 bits per heavy atom. The normalized spacial score (nSPS) is 24.5. The monoisotopic (exact) mass is 488 g/mol. The van der Waals surface area contributed by atoms with Crippen LogP contribution in [-0.2, 0) is 14.3 Å². The lowest BCUT2D eigenvalue weighted by atomic mass is 9.77. The molecule has 2 aliphatic carbocycles. The van der Waals surface area contributed by atoms with Crippen LogP contribution in [0, 0.1) is 5.92 Å². The van der Waals surface area contributed by atoms with Crippen LogP contribution in [-0.4, -0.2) is 92.0 Å². The Bertz CT molecular complexity index is 1010. The first-order chi connectivity index (χ1) is 16.9. The molecular weight excluding hydrogens is 456 g/mol. The third-order valence-electron chi connectivity index (χ3n) is 6.76. The molecule has 10 nitrogen and oxygen atoms in total. The molecule has 4 rings (SSSR count). The average Bonchev–Trinajstić information content (AvgIpc) is 3.61. The molecule has 2 amide bonds. The van der Waals surface area contributed by atoms with E-state index in [0.29, 0.717) is 46.9 Å². The molecule has 0 radical (unpaired) electrons. The van der Waals surface area contributed by atoms with E-state index in [1.807, 2.05) is 0 Å². The van der Waals surface area contributed by atoms with E-state index in [9.17, 15) is 24.6 Å². The summed E-state index contributed by atoms with van der Waals surface area (Å²) in [4.78, 5) is 39.5. The van der Waals surface area contributed by atoms with Gasteiger partial charge in [-0.2, -0.15) is 0 Å². The van der Waals surface area contributed by atoms with Crippen LogP contribution >= 0.6 is 0 Å². The van der Waals surface area contributed by atoms with Crippen LogP contribution in [0.2, 0.25) is 0 Å². The van der Waals surface area contributed by atoms with Crippen LogP contribution in [0.25, 0.3) is 0 Å². The molecule has 190 valence electrons. The number of aldehydes is 1. The molecule has 0 spiro atoms. The zero-order valence-electron chi connectivity index (χ0n) is 19.9. The number of nitrogens with one attached hydrogen (secondary N) is 1. The van der Waals surface area contributed by atoms with Gasteiger partial charge in [-0.05, 0) is 37.0 Å². The molecule has 3 aliphatic rings. The van der Waals surface area contributed by atoms with E-state index in [-0.39, 0.29) is 32.1 Å². The number of methoxy groups -OCH3 is 2. The Hall–Kier alpha value is -2.95. The molecule has 0 aromatic heterocycles. The first-order valence-electron chi connectivity index (χ1n) is 11.8. The summed E-state index contributed by atoms with van der Waals surface area (Å²) in [6, 6.07) is 2.37. The van der Waals surface area contributed by atoms with Gasteiger partial charge in [-0.3, -0.25) is 14.4 Å². The van der Waals surface area contributed by atoms with Crippen LogP contribution in [0.15, 0.2) is 23.8 Å². The third kappa shape index (κ3) is 5.05. The molecule has 1 aromatic carbocycles. The molecule has 1 saturated carbocycles. The van der Waals surface area contributed by atoms with Crippen molar-refractivity contribution in [1.82, 2.24) is 10.2 Å². The predicted molar refractivity (Wildman–Crippen MR) is 124 cm³/mol. The van der Waals surface area contributed by atoms with E-state index >= 15 is 0 Å². The zero-order valence-corrected chi connectivity index (χ0v) is 19.9. The number of benzene rings is 1. The van der Waals surface area contributed by atoms with Gasteiger partial charge in [0.2, 0.25) is 11.8 Å². The number of hydrogen-bond acceptors (Lipinski definition) is 8. The van der Waals surface area contributed by atoms with Gasteiger partial charge in [0.1, 0.15) is 18.5 Å². The predicted octanol–water partition coefficient (Wildman–Crippen LogP) is 0.405. The second-order valence-electron chi connectivity index (χ2n) is 9.13. The summed E-state index contributed by atoms with van der Waals surface area (Å²) in [5.41, 5.74) is 1.21. The number of carbonyl (C=O) groups is 3. The van der Waals surface area contributed by atoms with E-state index in [0.717, 1.165) is 12.8 Å². The molecule has 1 fully saturated rings. The van der Waals surface area contributed by atoms with Crippen molar-refractivity contribution in [2.75, 3.05) is 40.5 Å². The number of amides is 2. The Morgan fingerprint density at radius 3 is 2.69 bits per heavy atom. The van der Waals surface area contributed by atoms with Gasteiger partial charge in [-0.1, -0.05) is 0 Å². The number of aliphatic hydroxyl groups excluding tert-OH is 2. The van der Waals surface area contributed by atoms with E-state index < -0.39 is 30.1 Å². The smallest absolute Gasteiger partial charge is 0.247 e. The molecule has 1 aromatic rings. The van der Waals surface area contributed by atoms with Gasteiger partial charge in [-0.25, -0.2) is 0 Å².